The van der Waals surface area contributed by atoms with E-state index in [0.29, 0.717) is 5.56 Å². The van der Waals surface area contributed by atoms with Crippen molar-refractivity contribution < 1.29 is 10.2 Å². The maximum absolute atomic E-state index is 9.42. The molecule has 0 saturated heterocycles. The Labute approximate surface area is 111 Å². The third-order valence-corrected chi connectivity index (χ3v) is 2.74. The monoisotopic (exact) mass is 256 g/mol. The Kier molecular flexibility index (Phi) is 3.75. The van der Waals surface area contributed by atoms with Crippen molar-refractivity contribution in [3.05, 3.63) is 59.7 Å². The number of thiocarbonyl (C=S) groups is 1. The first-order valence-corrected chi connectivity index (χ1v) is 5.91. The van der Waals surface area contributed by atoms with Crippen LogP contribution in [0.5, 0.6) is 11.5 Å². The Morgan fingerprint density at radius 3 is 2.11 bits per heavy atom. The van der Waals surface area contributed by atoms with E-state index in [-0.39, 0.29) is 11.5 Å². The lowest BCUT2D eigenvalue weighted by Gasteiger charge is -2.03. The van der Waals surface area contributed by atoms with Gasteiger partial charge in [-0.2, -0.15) is 0 Å². The molecule has 0 aromatic heterocycles. The Balaban J connectivity index is 2.44. The van der Waals surface area contributed by atoms with Crippen LogP contribution in [0.25, 0.3) is 11.6 Å². The number of phenolic OH excluding ortho intramolecular Hbond substituents is 2. The second kappa shape index (κ2) is 5.47. The summed E-state index contributed by atoms with van der Waals surface area (Å²) in [6.45, 7) is 0. The van der Waals surface area contributed by atoms with Crippen LogP contribution in [0, 0.1) is 0 Å². The quantitative estimate of drug-likeness (QED) is 0.500. The lowest BCUT2D eigenvalue weighted by Crippen LogP contribution is -1.84. The maximum atomic E-state index is 9.42. The Morgan fingerprint density at radius 1 is 0.944 bits per heavy atom. The van der Waals surface area contributed by atoms with Crippen molar-refractivity contribution in [1.29, 1.82) is 0 Å². The Hall–Kier alpha value is -2.13. The van der Waals surface area contributed by atoms with Crippen molar-refractivity contribution >= 4 is 29.2 Å². The molecular weight excluding hydrogens is 244 g/mol. The summed E-state index contributed by atoms with van der Waals surface area (Å²) >= 11 is 5.00. The third kappa shape index (κ3) is 2.96. The first kappa shape index (κ1) is 12.3. The van der Waals surface area contributed by atoms with E-state index in [1.54, 1.807) is 17.5 Å². The minimum atomic E-state index is 0.0260. The SMILES string of the molecule is Oc1cc(O)cc(/C=C(/C=S)c2ccccc2)c1. The lowest BCUT2D eigenvalue weighted by molar-refractivity contribution is 0.450. The van der Waals surface area contributed by atoms with Crippen LogP contribution in [0.1, 0.15) is 11.1 Å². The molecule has 2 rings (SSSR count). The number of rotatable bonds is 3. The highest BCUT2D eigenvalue weighted by molar-refractivity contribution is 7.79. The summed E-state index contributed by atoms with van der Waals surface area (Å²) in [6, 6.07) is 14.1. The fourth-order valence-corrected chi connectivity index (χ4v) is 1.90. The van der Waals surface area contributed by atoms with Crippen molar-refractivity contribution in [2.24, 2.45) is 0 Å². The van der Waals surface area contributed by atoms with Gasteiger partial charge in [-0.1, -0.05) is 42.5 Å². The van der Waals surface area contributed by atoms with Gasteiger partial charge in [-0.25, -0.2) is 0 Å². The van der Waals surface area contributed by atoms with Gasteiger partial charge in [0.25, 0.3) is 0 Å². The summed E-state index contributed by atoms with van der Waals surface area (Å²) in [5, 5.41) is 20.4. The van der Waals surface area contributed by atoms with Crippen LogP contribution >= 0.6 is 12.2 Å². The second-order valence-electron chi connectivity index (χ2n) is 3.87. The minimum Gasteiger partial charge on any atom is -0.508 e. The summed E-state index contributed by atoms with van der Waals surface area (Å²) in [6.07, 6.45) is 1.82. The van der Waals surface area contributed by atoms with Gasteiger partial charge >= 0.3 is 0 Å². The summed E-state index contributed by atoms with van der Waals surface area (Å²) in [5.41, 5.74) is 2.55. The fraction of sp³-hybridized carbons (Fsp3) is 0. The molecule has 0 bridgehead atoms. The van der Waals surface area contributed by atoms with Crippen molar-refractivity contribution in [2.75, 3.05) is 0 Å². The van der Waals surface area contributed by atoms with E-state index in [1.165, 1.54) is 6.07 Å². The van der Waals surface area contributed by atoms with E-state index < -0.39 is 0 Å². The van der Waals surface area contributed by atoms with Crippen LogP contribution in [0.15, 0.2) is 48.5 Å². The van der Waals surface area contributed by atoms with Crippen LogP contribution < -0.4 is 0 Å². The first-order chi connectivity index (χ1) is 8.69. The van der Waals surface area contributed by atoms with Crippen molar-refractivity contribution in [3.8, 4) is 11.5 Å². The van der Waals surface area contributed by atoms with Crippen molar-refractivity contribution in [2.45, 2.75) is 0 Å². The van der Waals surface area contributed by atoms with E-state index in [2.05, 4.69) is 0 Å². The summed E-state index contributed by atoms with van der Waals surface area (Å²) in [5.74, 6) is 0.0519. The number of allylic oxidation sites excluding steroid dienone is 1. The highest BCUT2D eigenvalue weighted by atomic mass is 32.1. The molecule has 0 unspecified atom stereocenters. The number of phenols is 2. The molecule has 0 aliphatic heterocycles. The number of hydrogen-bond donors (Lipinski definition) is 2. The molecule has 90 valence electrons. The molecule has 0 aliphatic rings. The van der Waals surface area contributed by atoms with Crippen LogP contribution in [0.2, 0.25) is 0 Å². The molecule has 2 nitrogen and oxygen atoms in total. The molecule has 2 N–H and O–H groups in total. The smallest absolute Gasteiger partial charge is 0.119 e. The summed E-state index contributed by atoms with van der Waals surface area (Å²) < 4.78 is 0. The number of aromatic hydroxyl groups is 2. The van der Waals surface area contributed by atoms with E-state index in [4.69, 9.17) is 12.2 Å². The van der Waals surface area contributed by atoms with Gasteiger partial charge in [0.05, 0.1) is 0 Å². The van der Waals surface area contributed by atoms with Gasteiger partial charge in [-0.3, -0.25) is 0 Å². The normalized spacial score (nSPS) is 11.2. The average molecular weight is 256 g/mol. The van der Waals surface area contributed by atoms with Gasteiger partial charge in [0.2, 0.25) is 0 Å². The molecule has 0 fully saturated rings. The zero-order valence-electron chi connectivity index (χ0n) is 9.58. The summed E-state index contributed by atoms with van der Waals surface area (Å²) in [4.78, 5) is 0. The lowest BCUT2D eigenvalue weighted by atomic mass is 10.0. The Morgan fingerprint density at radius 2 is 1.56 bits per heavy atom. The van der Waals surface area contributed by atoms with E-state index in [0.717, 1.165) is 11.1 Å². The van der Waals surface area contributed by atoms with Crippen LogP contribution in [0.4, 0.5) is 0 Å². The largest absolute Gasteiger partial charge is 0.508 e. The molecule has 3 heteroatoms. The number of benzene rings is 2. The molecule has 0 amide bonds. The van der Waals surface area contributed by atoms with Crippen LogP contribution in [0.3, 0.4) is 0 Å². The number of hydrogen-bond acceptors (Lipinski definition) is 3. The van der Waals surface area contributed by atoms with E-state index >= 15 is 0 Å². The van der Waals surface area contributed by atoms with Gasteiger partial charge in [0.1, 0.15) is 11.5 Å². The van der Waals surface area contributed by atoms with Gasteiger partial charge in [-0.15, -0.1) is 0 Å². The second-order valence-corrected chi connectivity index (χ2v) is 4.10. The molecule has 2 aromatic rings. The van der Waals surface area contributed by atoms with Crippen molar-refractivity contribution in [1.82, 2.24) is 0 Å². The standard InChI is InChI=1S/C15H12O2S/c16-14-7-11(8-15(17)9-14)6-13(10-18)12-4-2-1-3-5-12/h1-10,16-17H/b13-6-. The van der Waals surface area contributed by atoms with Gasteiger partial charge in [-0.05, 0) is 34.9 Å². The van der Waals surface area contributed by atoms with Gasteiger partial charge in [0, 0.05) is 11.4 Å². The minimum absolute atomic E-state index is 0.0260. The highest BCUT2D eigenvalue weighted by Gasteiger charge is 2.00. The highest BCUT2D eigenvalue weighted by Crippen LogP contribution is 2.24. The molecule has 0 radical (unpaired) electrons. The molecule has 0 atom stereocenters. The molecule has 0 saturated carbocycles. The average Bonchev–Trinajstić information content (AvgIpc) is 2.36. The molecule has 0 aliphatic carbocycles. The third-order valence-electron chi connectivity index (χ3n) is 2.48. The van der Waals surface area contributed by atoms with Gasteiger partial charge < -0.3 is 10.2 Å². The zero-order valence-corrected chi connectivity index (χ0v) is 10.4. The van der Waals surface area contributed by atoms with Crippen molar-refractivity contribution in [3.63, 3.8) is 0 Å². The molecule has 0 spiro atoms. The predicted octanol–water partition coefficient (Wildman–Crippen LogP) is 3.64. The van der Waals surface area contributed by atoms with Crippen LogP contribution in [-0.4, -0.2) is 15.6 Å². The predicted molar refractivity (Wildman–Crippen MR) is 77.7 cm³/mol. The maximum Gasteiger partial charge on any atom is 0.119 e. The zero-order chi connectivity index (χ0) is 13.0. The fourth-order valence-electron chi connectivity index (χ4n) is 1.70. The Bertz CT molecular complexity index is 568. The molecule has 0 heterocycles. The topological polar surface area (TPSA) is 40.5 Å². The molecule has 18 heavy (non-hydrogen) atoms. The first-order valence-electron chi connectivity index (χ1n) is 5.44. The van der Waals surface area contributed by atoms with Crippen LogP contribution in [-0.2, 0) is 0 Å². The molecular formula is C15H12O2S. The van der Waals surface area contributed by atoms with E-state index in [9.17, 15) is 10.2 Å². The van der Waals surface area contributed by atoms with Gasteiger partial charge in [0.15, 0.2) is 0 Å². The van der Waals surface area contributed by atoms with E-state index in [1.807, 2.05) is 36.4 Å². The summed E-state index contributed by atoms with van der Waals surface area (Å²) in [7, 11) is 0. The molecule has 2 aromatic carbocycles.